The van der Waals surface area contributed by atoms with Gasteiger partial charge in [-0.25, -0.2) is 0 Å². The molecule has 1 aliphatic heterocycles. The van der Waals surface area contributed by atoms with Gasteiger partial charge in [-0.1, -0.05) is 30.3 Å². The first kappa shape index (κ1) is 17.1. The van der Waals surface area contributed by atoms with Gasteiger partial charge in [0.15, 0.2) is 0 Å². The summed E-state index contributed by atoms with van der Waals surface area (Å²) in [6.07, 6.45) is 2.62. The minimum absolute atomic E-state index is 0.183. The van der Waals surface area contributed by atoms with E-state index in [1.165, 1.54) is 16.0 Å². The Morgan fingerprint density at radius 2 is 1.96 bits per heavy atom. The second-order valence-electron chi connectivity index (χ2n) is 6.64. The van der Waals surface area contributed by atoms with Crippen LogP contribution in [0.3, 0.4) is 0 Å². The maximum absolute atomic E-state index is 12.9. The maximum Gasteiger partial charge on any atom is 0.237 e. The molecule has 0 saturated carbocycles. The molecule has 1 aromatic carbocycles. The third-order valence-corrected chi connectivity index (χ3v) is 5.62. The van der Waals surface area contributed by atoms with Crippen LogP contribution in [0.4, 0.5) is 0 Å². The van der Waals surface area contributed by atoms with Crippen LogP contribution < -0.4 is 0 Å². The van der Waals surface area contributed by atoms with Crippen LogP contribution in [-0.2, 0) is 30.8 Å². The third kappa shape index (κ3) is 4.06. The summed E-state index contributed by atoms with van der Waals surface area (Å²) >= 11 is 1.72. The van der Waals surface area contributed by atoms with Crippen LogP contribution in [0.15, 0.2) is 64.6 Å². The molecule has 5 heteroatoms. The molecule has 0 N–H and O–H groups in total. The zero-order valence-corrected chi connectivity index (χ0v) is 15.5. The molecule has 0 bridgehead atoms. The first-order valence-corrected chi connectivity index (χ1v) is 9.77. The predicted molar refractivity (Wildman–Crippen MR) is 103 cm³/mol. The first-order chi connectivity index (χ1) is 12.8. The fraction of sp³-hybridized carbons (Fsp3) is 0.286. The third-order valence-electron chi connectivity index (χ3n) is 4.76. The van der Waals surface area contributed by atoms with Gasteiger partial charge in [0.2, 0.25) is 5.91 Å². The van der Waals surface area contributed by atoms with E-state index in [1.54, 1.807) is 17.6 Å². The van der Waals surface area contributed by atoms with E-state index in [9.17, 15) is 4.79 Å². The Bertz CT molecular complexity index is 807. The fourth-order valence-electron chi connectivity index (χ4n) is 3.41. The molecule has 0 atom stereocenters. The van der Waals surface area contributed by atoms with Gasteiger partial charge in [-0.2, -0.15) is 0 Å². The summed E-state index contributed by atoms with van der Waals surface area (Å²) in [5.74, 6) is 1.07. The van der Waals surface area contributed by atoms with Crippen molar-refractivity contribution in [1.29, 1.82) is 0 Å². The molecule has 3 heterocycles. The topological polar surface area (TPSA) is 36.7 Å². The summed E-state index contributed by atoms with van der Waals surface area (Å²) in [4.78, 5) is 18.3. The van der Waals surface area contributed by atoms with Crippen LogP contribution in [0, 0.1) is 0 Å². The summed E-state index contributed by atoms with van der Waals surface area (Å²) in [5.41, 5.74) is 2.63. The Kier molecular flexibility index (Phi) is 5.18. The number of furan rings is 1. The second-order valence-corrected chi connectivity index (χ2v) is 7.67. The Hall–Kier alpha value is -2.37. The van der Waals surface area contributed by atoms with Crippen molar-refractivity contribution in [1.82, 2.24) is 9.80 Å². The Balaban J connectivity index is 1.43. The van der Waals surface area contributed by atoms with Crippen LogP contribution >= 0.6 is 11.3 Å². The van der Waals surface area contributed by atoms with Crippen molar-refractivity contribution in [3.63, 3.8) is 0 Å². The highest BCUT2D eigenvalue weighted by Gasteiger charge is 2.23. The number of nitrogens with zero attached hydrogens (tertiary/aromatic N) is 2. The molecule has 1 aliphatic rings. The summed E-state index contributed by atoms with van der Waals surface area (Å²) in [7, 11) is 0. The normalized spacial score (nSPS) is 13.8. The minimum atomic E-state index is 0.183. The fourth-order valence-corrected chi connectivity index (χ4v) is 4.16. The Morgan fingerprint density at radius 3 is 2.73 bits per heavy atom. The predicted octanol–water partition coefficient (Wildman–Crippen LogP) is 3.93. The van der Waals surface area contributed by atoms with Gasteiger partial charge in [0.25, 0.3) is 0 Å². The van der Waals surface area contributed by atoms with Gasteiger partial charge in [0.1, 0.15) is 5.76 Å². The standard InChI is InChI=1S/C21H22N2O2S/c24-21(23-10-9-17-5-1-2-6-18(17)13-23)16-22(14-19-7-3-11-25-19)15-20-8-4-12-26-20/h1-8,11-12H,9-10,13-16H2. The molecule has 0 fully saturated rings. The smallest absolute Gasteiger partial charge is 0.237 e. The van der Waals surface area contributed by atoms with Gasteiger partial charge in [0.05, 0.1) is 19.4 Å². The van der Waals surface area contributed by atoms with E-state index in [-0.39, 0.29) is 5.91 Å². The molecular weight excluding hydrogens is 344 g/mol. The van der Waals surface area contributed by atoms with Gasteiger partial charge in [0, 0.05) is 24.5 Å². The SMILES string of the molecule is O=C(CN(Cc1ccco1)Cc1cccs1)N1CCc2ccccc2C1. The molecule has 2 aromatic heterocycles. The quantitative estimate of drug-likeness (QED) is 0.663. The largest absolute Gasteiger partial charge is 0.468 e. The number of fused-ring (bicyclic) bond motifs is 1. The summed E-state index contributed by atoms with van der Waals surface area (Å²) in [6, 6.07) is 16.4. The van der Waals surface area contributed by atoms with Crippen LogP contribution in [0.25, 0.3) is 0 Å². The molecule has 26 heavy (non-hydrogen) atoms. The highest BCUT2D eigenvalue weighted by atomic mass is 32.1. The molecule has 4 rings (SSSR count). The molecule has 0 unspecified atom stereocenters. The van der Waals surface area contributed by atoms with Crippen molar-refractivity contribution in [3.05, 3.63) is 81.9 Å². The van der Waals surface area contributed by atoms with Crippen molar-refractivity contribution in [2.24, 2.45) is 0 Å². The average Bonchev–Trinajstić information content (AvgIpc) is 3.35. The molecular formula is C21H22N2O2S. The number of thiophene rings is 1. The minimum Gasteiger partial charge on any atom is -0.468 e. The zero-order chi connectivity index (χ0) is 17.8. The van der Waals surface area contributed by atoms with Crippen molar-refractivity contribution < 1.29 is 9.21 Å². The monoisotopic (exact) mass is 366 g/mol. The number of benzene rings is 1. The number of rotatable bonds is 6. The van der Waals surface area contributed by atoms with Gasteiger partial charge >= 0.3 is 0 Å². The van der Waals surface area contributed by atoms with Gasteiger partial charge < -0.3 is 9.32 Å². The molecule has 0 spiro atoms. The second kappa shape index (κ2) is 7.89. The highest BCUT2D eigenvalue weighted by molar-refractivity contribution is 7.09. The van der Waals surface area contributed by atoms with Crippen molar-refractivity contribution >= 4 is 17.2 Å². The van der Waals surface area contributed by atoms with Crippen LogP contribution in [0.2, 0.25) is 0 Å². The number of hydrogen-bond donors (Lipinski definition) is 0. The number of carbonyl (C=O) groups excluding carboxylic acids is 1. The highest BCUT2D eigenvalue weighted by Crippen LogP contribution is 2.20. The van der Waals surface area contributed by atoms with E-state index in [4.69, 9.17) is 4.42 Å². The average molecular weight is 366 g/mol. The number of amides is 1. The Morgan fingerprint density at radius 1 is 1.08 bits per heavy atom. The molecule has 1 amide bonds. The summed E-state index contributed by atoms with van der Waals surface area (Å²) < 4.78 is 5.49. The van der Waals surface area contributed by atoms with Crippen LogP contribution in [0.5, 0.6) is 0 Å². The van der Waals surface area contributed by atoms with Gasteiger partial charge in [-0.3, -0.25) is 9.69 Å². The molecule has 4 nitrogen and oxygen atoms in total. The van der Waals surface area contributed by atoms with Crippen LogP contribution in [-0.4, -0.2) is 28.8 Å². The first-order valence-electron chi connectivity index (χ1n) is 8.89. The van der Waals surface area contributed by atoms with E-state index in [0.717, 1.165) is 25.3 Å². The lowest BCUT2D eigenvalue weighted by molar-refractivity contribution is -0.133. The van der Waals surface area contributed by atoms with Crippen molar-refractivity contribution in [3.8, 4) is 0 Å². The van der Waals surface area contributed by atoms with E-state index in [0.29, 0.717) is 19.6 Å². The van der Waals surface area contributed by atoms with E-state index >= 15 is 0 Å². The number of carbonyl (C=O) groups is 1. The molecule has 3 aromatic rings. The lowest BCUT2D eigenvalue weighted by Gasteiger charge is -2.31. The molecule has 0 radical (unpaired) electrons. The van der Waals surface area contributed by atoms with Crippen molar-refractivity contribution in [2.75, 3.05) is 13.1 Å². The molecule has 134 valence electrons. The summed E-state index contributed by atoms with van der Waals surface area (Å²) in [5, 5.41) is 2.07. The number of hydrogen-bond acceptors (Lipinski definition) is 4. The maximum atomic E-state index is 12.9. The van der Waals surface area contributed by atoms with Crippen molar-refractivity contribution in [2.45, 2.75) is 26.1 Å². The lowest BCUT2D eigenvalue weighted by atomic mass is 10.00. The van der Waals surface area contributed by atoms with E-state index < -0.39 is 0 Å². The summed E-state index contributed by atoms with van der Waals surface area (Å²) in [6.45, 7) is 3.31. The van der Waals surface area contributed by atoms with Gasteiger partial charge in [-0.15, -0.1) is 11.3 Å². The van der Waals surface area contributed by atoms with Gasteiger partial charge in [-0.05, 0) is 41.1 Å². The lowest BCUT2D eigenvalue weighted by Crippen LogP contribution is -2.42. The van der Waals surface area contributed by atoms with E-state index in [1.807, 2.05) is 23.1 Å². The Labute approximate surface area is 157 Å². The van der Waals surface area contributed by atoms with E-state index in [2.05, 4.69) is 40.6 Å². The molecule has 0 aliphatic carbocycles. The van der Waals surface area contributed by atoms with Crippen LogP contribution in [0.1, 0.15) is 21.8 Å². The zero-order valence-electron chi connectivity index (χ0n) is 14.6. The molecule has 0 saturated heterocycles.